The first-order chi connectivity index (χ1) is 7.76. The van der Waals surface area contributed by atoms with Crippen molar-refractivity contribution in [3.8, 4) is 5.75 Å². The van der Waals surface area contributed by atoms with Crippen molar-refractivity contribution < 1.29 is 5.11 Å². The van der Waals surface area contributed by atoms with Gasteiger partial charge in [-0.1, -0.05) is 31.4 Å². The lowest BCUT2D eigenvalue weighted by molar-refractivity contribution is 0.475. The second-order valence-corrected chi connectivity index (χ2v) is 3.01. The maximum Gasteiger partial charge on any atom is 0.115 e. The average molecular weight is 214 g/mol. The zero-order chi connectivity index (χ0) is 11.8. The number of hydrogen-bond donors (Lipinski definition) is 2. The molecule has 0 amide bonds. The monoisotopic (exact) mass is 214 g/mol. The zero-order valence-electron chi connectivity index (χ0n) is 8.93. The Labute approximate surface area is 94.8 Å². The SMILES string of the molecule is C=Cc1ccc(O)cc1.C=Cc1cnc[nH]1. The number of aromatic nitrogens is 2. The highest BCUT2D eigenvalue weighted by Gasteiger charge is 1.84. The van der Waals surface area contributed by atoms with Crippen LogP contribution in [0, 0.1) is 0 Å². The molecule has 3 nitrogen and oxygen atoms in total. The van der Waals surface area contributed by atoms with E-state index in [-0.39, 0.29) is 0 Å². The highest BCUT2D eigenvalue weighted by Crippen LogP contribution is 2.09. The van der Waals surface area contributed by atoms with Crippen LogP contribution >= 0.6 is 0 Å². The molecular formula is C13H14N2O. The lowest BCUT2D eigenvalue weighted by Crippen LogP contribution is -1.67. The summed E-state index contributed by atoms with van der Waals surface area (Å²) in [7, 11) is 0. The number of phenols is 1. The van der Waals surface area contributed by atoms with Crippen LogP contribution in [0.15, 0.2) is 49.9 Å². The van der Waals surface area contributed by atoms with Gasteiger partial charge in [-0.2, -0.15) is 0 Å². The fraction of sp³-hybridized carbons (Fsp3) is 0. The molecule has 0 saturated carbocycles. The first-order valence-corrected chi connectivity index (χ1v) is 4.78. The molecule has 1 aromatic heterocycles. The molecule has 0 spiro atoms. The molecule has 2 N–H and O–H groups in total. The number of rotatable bonds is 2. The predicted molar refractivity (Wildman–Crippen MR) is 66.9 cm³/mol. The molecule has 0 aliphatic carbocycles. The normalized spacial score (nSPS) is 8.75. The maximum atomic E-state index is 8.82. The van der Waals surface area contributed by atoms with Crippen molar-refractivity contribution in [3.63, 3.8) is 0 Å². The molecule has 16 heavy (non-hydrogen) atoms. The first-order valence-electron chi connectivity index (χ1n) is 4.78. The lowest BCUT2D eigenvalue weighted by atomic mass is 10.2. The molecule has 0 aliphatic rings. The van der Waals surface area contributed by atoms with E-state index in [0.29, 0.717) is 5.75 Å². The Morgan fingerprint density at radius 1 is 1.12 bits per heavy atom. The molecule has 82 valence electrons. The minimum Gasteiger partial charge on any atom is -0.508 e. The average Bonchev–Trinajstić information content (AvgIpc) is 2.84. The van der Waals surface area contributed by atoms with Crippen molar-refractivity contribution in [3.05, 3.63) is 61.2 Å². The highest BCUT2D eigenvalue weighted by atomic mass is 16.3. The number of aromatic amines is 1. The zero-order valence-corrected chi connectivity index (χ0v) is 8.93. The maximum absolute atomic E-state index is 8.82. The number of nitrogens with one attached hydrogen (secondary N) is 1. The van der Waals surface area contributed by atoms with E-state index >= 15 is 0 Å². The highest BCUT2D eigenvalue weighted by molar-refractivity contribution is 5.47. The van der Waals surface area contributed by atoms with E-state index in [1.807, 2.05) is 12.1 Å². The van der Waals surface area contributed by atoms with E-state index in [9.17, 15) is 0 Å². The molecule has 0 aliphatic heterocycles. The second-order valence-electron chi connectivity index (χ2n) is 3.01. The van der Waals surface area contributed by atoms with Crippen LogP contribution in [-0.4, -0.2) is 15.1 Å². The topological polar surface area (TPSA) is 48.9 Å². The Kier molecular flexibility index (Phi) is 4.60. The standard InChI is InChI=1S/C8H8O.C5H6N2/c1-2-7-3-5-8(9)6-4-7;1-2-5-3-6-4-7-5/h2-6,9H,1H2;2-4H,1H2,(H,6,7). The van der Waals surface area contributed by atoms with E-state index in [0.717, 1.165) is 11.3 Å². The van der Waals surface area contributed by atoms with Gasteiger partial charge in [0.05, 0.1) is 18.2 Å². The number of benzene rings is 1. The number of aromatic hydroxyl groups is 1. The van der Waals surface area contributed by atoms with Gasteiger partial charge < -0.3 is 10.1 Å². The molecule has 1 heterocycles. The molecule has 0 saturated heterocycles. The van der Waals surface area contributed by atoms with Crippen molar-refractivity contribution >= 4 is 12.2 Å². The summed E-state index contributed by atoms with van der Waals surface area (Å²) in [4.78, 5) is 6.62. The van der Waals surface area contributed by atoms with Gasteiger partial charge in [-0.05, 0) is 23.8 Å². The Morgan fingerprint density at radius 2 is 1.81 bits per heavy atom. The van der Waals surface area contributed by atoms with E-state index in [2.05, 4.69) is 23.1 Å². The molecule has 0 atom stereocenters. The Hall–Kier alpha value is -2.29. The van der Waals surface area contributed by atoms with Crippen molar-refractivity contribution in [1.29, 1.82) is 0 Å². The number of hydrogen-bond acceptors (Lipinski definition) is 2. The summed E-state index contributed by atoms with van der Waals surface area (Å²) in [5.41, 5.74) is 1.98. The van der Waals surface area contributed by atoms with E-state index in [1.54, 1.807) is 36.8 Å². The summed E-state index contributed by atoms with van der Waals surface area (Å²) in [6, 6.07) is 6.89. The van der Waals surface area contributed by atoms with Crippen molar-refractivity contribution in [1.82, 2.24) is 9.97 Å². The minimum atomic E-state index is 0.292. The number of phenolic OH excluding ortho intramolecular Hbond substituents is 1. The summed E-state index contributed by atoms with van der Waals surface area (Å²) in [5.74, 6) is 0.292. The minimum absolute atomic E-state index is 0.292. The van der Waals surface area contributed by atoms with Crippen molar-refractivity contribution in [2.45, 2.75) is 0 Å². The third kappa shape index (κ3) is 3.84. The summed E-state index contributed by atoms with van der Waals surface area (Å²) < 4.78 is 0. The third-order valence-corrected chi connectivity index (χ3v) is 1.87. The van der Waals surface area contributed by atoms with Crippen LogP contribution in [0.25, 0.3) is 12.2 Å². The number of nitrogens with zero attached hydrogens (tertiary/aromatic N) is 1. The third-order valence-electron chi connectivity index (χ3n) is 1.87. The Morgan fingerprint density at radius 3 is 2.19 bits per heavy atom. The van der Waals surface area contributed by atoms with Gasteiger partial charge >= 0.3 is 0 Å². The molecule has 0 bridgehead atoms. The quantitative estimate of drug-likeness (QED) is 0.807. The van der Waals surface area contributed by atoms with E-state index in [4.69, 9.17) is 5.11 Å². The summed E-state index contributed by atoms with van der Waals surface area (Å²) in [6.07, 6.45) is 6.79. The smallest absolute Gasteiger partial charge is 0.115 e. The van der Waals surface area contributed by atoms with Gasteiger partial charge in [0.25, 0.3) is 0 Å². The molecular weight excluding hydrogens is 200 g/mol. The van der Waals surface area contributed by atoms with Crippen molar-refractivity contribution in [2.24, 2.45) is 0 Å². The largest absolute Gasteiger partial charge is 0.508 e. The molecule has 1 aromatic carbocycles. The number of imidazole rings is 1. The first kappa shape index (κ1) is 11.8. The summed E-state index contributed by atoms with van der Waals surface area (Å²) in [5, 5.41) is 8.82. The van der Waals surface area contributed by atoms with Crippen LogP contribution in [-0.2, 0) is 0 Å². The fourth-order valence-electron chi connectivity index (χ4n) is 0.989. The van der Waals surface area contributed by atoms with Gasteiger partial charge in [0, 0.05) is 0 Å². The van der Waals surface area contributed by atoms with Crippen LogP contribution in [0.1, 0.15) is 11.3 Å². The molecule has 0 radical (unpaired) electrons. The predicted octanol–water partition coefficient (Wildman–Crippen LogP) is 3.09. The van der Waals surface area contributed by atoms with Crippen LogP contribution in [0.4, 0.5) is 0 Å². The molecule has 2 aromatic rings. The van der Waals surface area contributed by atoms with E-state index in [1.165, 1.54) is 0 Å². The van der Waals surface area contributed by atoms with Gasteiger partial charge in [0.2, 0.25) is 0 Å². The van der Waals surface area contributed by atoms with Gasteiger partial charge in [-0.25, -0.2) is 4.98 Å². The van der Waals surface area contributed by atoms with Crippen LogP contribution < -0.4 is 0 Å². The molecule has 3 heteroatoms. The van der Waals surface area contributed by atoms with E-state index < -0.39 is 0 Å². The Bertz CT molecular complexity index is 429. The van der Waals surface area contributed by atoms with Gasteiger partial charge in [-0.15, -0.1) is 0 Å². The molecule has 2 rings (SSSR count). The summed E-state index contributed by atoms with van der Waals surface area (Å²) in [6.45, 7) is 7.11. The molecule has 0 fully saturated rings. The fourth-order valence-corrected chi connectivity index (χ4v) is 0.989. The Balaban J connectivity index is 0.000000165. The van der Waals surface area contributed by atoms with Gasteiger partial charge in [-0.3, -0.25) is 0 Å². The van der Waals surface area contributed by atoms with Gasteiger partial charge in [0.1, 0.15) is 5.75 Å². The van der Waals surface area contributed by atoms with Crippen LogP contribution in [0.3, 0.4) is 0 Å². The molecule has 0 unspecified atom stereocenters. The second kappa shape index (κ2) is 6.24. The summed E-state index contributed by atoms with van der Waals surface area (Å²) >= 11 is 0. The van der Waals surface area contributed by atoms with Crippen LogP contribution in [0.5, 0.6) is 5.75 Å². The lowest BCUT2D eigenvalue weighted by Gasteiger charge is -1.90. The number of H-pyrrole nitrogens is 1. The van der Waals surface area contributed by atoms with Crippen molar-refractivity contribution in [2.75, 3.05) is 0 Å². The van der Waals surface area contributed by atoms with Gasteiger partial charge in [0.15, 0.2) is 0 Å². The van der Waals surface area contributed by atoms with Crippen LogP contribution in [0.2, 0.25) is 0 Å².